The fourth-order valence-electron chi connectivity index (χ4n) is 2.30. The molecule has 0 spiro atoms. The van der Waals surface area contributed by atoms with Gasteiger partial charge in [0.05, 0.1) is 5.69 Å². The second kappa shape index (κ2) is 7.09. The highest BCUT2D eigenvalue weighted by Crippen LogP contribution is 2.21. The highest BCUT2D eigenvalue weighted by atomic mass is 19.1. The van der Waals surface area contributed by atoms with Gasteiger partial charge in [0.1, 0.15) is 17.3 Å². The summed E-state index contributed by atoms with van der Waals surface area (Å²) in [6.45, 7) is 1.93. The maximum Gasteiger partial charge on any atom is 0.274 e. The SMILES string of the molecule is Cc1cccc(NC(=O)c2cc(Nc3ccc(F)cc3F)ccn2)c1. The van der Waals surface area contributed by atoms with Gasteiger partial charge in [-0.1, -0.05) is 12.1 Å². The van der Waals surface area contributed by atoms with Crippen molar-refractivity contribution in [1.82, 2.24) is 4.98 Å². The molecular formula is C19H15F2N3O. The van der Waals surface area contributed by atoms with E-state index in [-0.39, 0.29) is 17.3 Å². The molecule has 0 fully saturated rings. The molecule has 0 unspecified atom stereocenters. The molecule has 3 rings (SSSR count). The molecule has 0 saturated heterocycles. The highest BCUT2D eigenvalue weighted by Gasteiger charge is 2.10. The second-order valence-corrected chi connectivity index (χ2v) is 5.50. The Labute approximate surface area is 143 Å². The average Bonchev–Trinajstić information content (AvgIpc) is 2.58. The first-order valence-electron chi connectivity index (χ1n) is 7.57. The summed E-state index contributed by atoms with van der Waals surface area (Å²) in [5.41, 5.74) is 2.43. The van der Waals surface area contributed by atoms with Crippen LogP contribution in [0, 0.1) is 18.6 Å². The predicted octanol–water partition coefficient (Wildman–Crippen LogP) is 4.66. The van der Waals surface area contributed by atoms with E-state index in [1.54, 1.807) is 12.1 Å². The largest absolute Gasteiger partial charge is 0.353 e. The molecule has 0 saturated carbocycles. The van der Waals surface area contributed by atoms with Gasteiger partial charge in [0.2, 0.25) is 0 Å². The zero-order valence-corrected chi connectivity index (χ0v) is 13.4. The van der Waals surface area contributed by atoms with Crippen LogP contribution in [0.5, 0.6) is 0 Å². The van der Waals surface area contributed by atoms with Gasteiger partial charge in [-0.15, -0.1) is 0 Å². The Morgan fingerprint density at radius 3 is 2.60 bits per heavy atom. The van der Waals surface area contributed by atoms with E-state index < -0.39 is 11.6 Å². The molecule has 1 amide bonds. The number of rotatable bonds is 4. The van der Waals surface area contributed by atoms with Crippen molar-refractivity contribution in [3.8, 4) is 0 Å². The summed E-state index contributed by atoms with van der Waals surface area (Å²) in [5.74, 6) is -1.76. The molecular weight excluding hydrogens is 324 g/mol. The Morgan fingerprint density at radius 2 is 1.84 bits per heavy atom. The van der Waals surface area contributed by atoms with E-state index in [1.807, 2.05) is 25.1 Å². The fraction of sp³-hybridized carbons (Fsp3) is 0.0526. The van der Waals surface area contributed by atoms with E-state index >= 15 is 0 Å². The standard InChI is InChI=1S/C19H15F2N3O/c1-12-3-2-4-14(9-12)24-19(25)18-11-15(7-8-22-18)23-17-6-5-13(20)10-16(17)21/h2-11H,1H3,(H,22,23)(H,24,25). The van der Waals surface area contributed by atoms with Crippen molar-refractivity contribution >= 4 is 23.0 Å². The number of aromatic nitrogens is 1. The number of amides is 1. The van der Waals surface area contributed by atoms with E-state index in [0.717, 1.165) is 17.7 Å². The van der Waals surface area contributed by atoms with Gasteiger partial charge in [0, 0.05) is 23.6 Å². The molecule has 3 aromatic rings. The van der Waals surface area contributed by atoms with Crippen LogP contribution in [0.1, 0.15) is 16.1 Å². The molecule has 2 aromatic carbocycles. The number of aryl methyl sites for hydroxylation is 1. The minimum absolute atomic E-state index is 0.109. The van der Waals surface area contributed by atoms with Crippen molar-refractivity contribution in [2.75, 3.05) is 10.6 Å². The van der Waals surface area contributed by atoms with Crippen molar-refractivity contribution in [3.05, 3.63) is 83.7 Å². The number of carbonyl (C=O) groups excluding carboxylic acids is 1. The lowest BCUT2D eigenvalue weighted by atomic mass is 10.2. The van der Waals surface area contributed by atoms with Crippen LogP contribution < -0.4 is 10.6 Å². The zero-order valence-electron chi connectivity index (χ0n) is 13.4. The van der Waals surface area contributed by atoms with Gasteiger partial charge < -0.3 is 10.6 Å². The summed E-state index contributed by atoms with van der Waals surface area (Å²) >= 11 is 0. The van der Waals surface area contributed by atoms with Crippen LogP contribution in [0.25, 0.3) is 0 Å². The summed E-state index contributed by atoms with van der Waals surface area (Å²) in [6, 6.07) is 13.7. The molecule has 2 N–H and O–H groups in total. The summed E-state index contributed by atoms with van der Waals surface area (Å²) < 4.78 is 26.7. The first-order chi connectivity index (χ1) is 12.0. The third-order valence-corrected chi connectivity index (χ3v) is 3.48. The second-order valence-electron chi connectivity index (χ2n) is 5.50. The summed E-state index contributed by atoms with van der Waals surface area (Å²) in [7, 11) is 0. The number of hydrogen-bond acceptors (Lipinski definition) is 3. The van der Waals surface area contributed by atoms with Crippen molar-refractivity contribution in [3.63, 3.8) is 0 Å². The molecule has 1 aromatic heterocycles. The molecule has 126 valence electrons. The topological polar surface area (TPSA) is 54.0 Å². The van der Waals surface area contributed by atoms with Crippen molar-refractivity contribution in [1.29, 1.82) is 0 Å². The molecule has 0 aliphatic heterocycles. The van der Waals surface area contributed by atoms with Crippen LogP contribution in [0.4, 0.5) is 25.8 Å². The maximum atomic E-state index is 13.7. The molecule has 1 heterocycles. The lowest BCUT2D eigenvalue weighted by Crippen LogP contribution is -2.13. The Kier molecular flexibility index (Phi) is 4.70. The van der Waals surface area contributed by atoms with Crippen LogP contribution in [-0.4, -0.2) is 10.9 Å². The van der Waals surface area contributed by atoms with Crippen LogP contribution >= 0.6 is 0 Å². The number of anilines is 3. The molecule has 0 aliphatic rings. The third kappa shape index (κ3) is 4.17. The Hall–Kier alpha value is -3.28. The van der Waals surface area contributed by atoms with Gasteiger partial charge in [0.25, 0.3) is 5.91 Å². The molecule has 0 atom stereocenters. The number of benzene rings is 2. The number of nitrogens with one attached hydrogen (secondary N) is 2. The van der Waals surface area contributed by atoms with E-state index in [0.29, 0.717) is 11.4 Å². The lowest BCUT2D eigenvalue weighted by Gasteiger charge is -2.09. The monoisotopic (exact) mass is 339 g/mol. The first kappa shape index (κ1) is 16.6. The van der Waals surface area contributed by atoms with E-state index in [9.17, 15) is 13.6 Å². The molecule has 0 bridgehead atoms. The van der Waals surface area contributed by atoms with Gasteiger partial charge >= 0.3 is 0 Å². The average molecular weight is 339 g/mol. The summed E-state index contributed by atoms with van der Waals surface area (Å²) in [4.78, 5) is 16.3. The van der Waals surface area contributed by atoms with Gasteiger partial charge in [-0.2, -0.15) is 0 Å². The van der Waals surface area contributed by atoms with Crippen molar-refractivity contribution in [2.24, 2.45) is 0 Å². The molecule has 0 aliphatic carbocycles. The minimum Gasteiger partial charge on any atom is -0.353 e. The van der Waals surface area contributed by atoms with Crippen LogP contribution in [0.15, 0.2) is 60.8 Å². The summed E-state index contributed by atoms with van der Waals surface area (Å²) in [5, 5.41) is 5.56. The fourth-order valence-corrected chi connectivity index (χ4v) is 2.30. The van der Waals surface area contributed by atoms with Crippen molar-refractivity contribution in [2.45, 2.75) is 6.92 Å². The van der Waals surface area contributed by atoms with Crippen molar-refractivity contribution < 1.29 is 13.6 Å². The normalized spacial score (nSPS) is 10.4. The highest BCUT2D eigenvalue weighted by molar-refractivity contribution is 6.03. The van der Waals surface area contributed by atoms with Gasteiger partial charge in [-0.25, -0.2) is 8.78 Å². The van der Waals surface area contributed by atoms with Crippen LogP contribution in [-0.2, 0) is 0 Å². The minimum atomic E-state index is -0.720. The maximum absolute atomic E-state index is 13.7. The molecule has 6 heteroatoms. The first-order valence-corrected chi connectivity index (χ1v) is 7.57. The van der Waals surface area contributed by atoms with Gasteiger partial charge in [-0.05, 0) is 48.9 Å². The summed E-state index contributed by atoms with van der Waals surface area (Å²) in [6.07, 6.45) is 1.44. The third-order valence-electron chi connectivity index (χ3n) is 3.48. The lowest BCUT2D eigenvalue weighted by molar-refractivity contribution is 0.102. The number of hydrogen-bond donors (Lipinski definition) is 2. The number of pyridine rings is 1. The smallest absolute Gasteiger partial charge is 0.274 e. The molecule has 4 nitrogen and oxygen atoms in total. The van der Waals surface area contributed by atoms with Gasteiger partial charge in [0.15, 0.2) is 0 Å². The predicted molar refractivity (Wildman–Crippen MR) is 93.0 cm³/mol. The molecule has 0 radical (unpaired) electrons. The Balaban J connectivity index is 1.77. The van der Waals surface area contributed by atoms with Gasteiger partial charge in [-0.3, -0.25) is 9.78 Å². The Bertz CT molecular complexity index is 928. The van der Waals surface area contributed by atoms with Crippen LogP contribution in [0.2, 0.25) is 0 Å². The quantitative estimate of drug-likeness (QED) is 0.727. The number of carbonyl (C=O) groups is 1. The van der Waals surface area contributed by atoms with Crippen LogP contribution in [0.3, 0.4) is 0 Å². The van der Waals surface area contributed by atoms with E-state index in [1.165, 1.54) is 18.3 Å². The zero-order chi connectivity index (χ0) is 17.8. The number of halogens is 2. The number of nitrogens with zero attached hydrogens (tertiary/aromatic N) is 1. The molecule has 25 heavy (non-hydrogen) atoms. The van der Waals surface area contributed by atoms with E-state index in [2.05, 4.69) is 15.6 Å². The Morgan fingerprint density at radius 1 is 1.00 bits per heavy atom. The van der Waals surface area contributed by atoms with E-state index in [4.69, 9.17) is 0 Å².